The van der Waals surface area contributed by atoms with E-state index < -0.39 is 5.41 Å². The molecule has 0 radical (unpaired) electrons. The number of fused-ring (bicyclic) bond motifs is 8. The van der Waals surface area contributed by atoms with Gasteiger partial charge >= 0.3 is 0 Å². The Morgan fingerprint density at radius 2 is 0.873 bits per heavy atom. The molecule has 0 bridgehead atoms. The molecule has 3 nitrogen and oxygen atoms in total. The predicted octanol–water partition coefficient (Wildman–Crippen LogP) is 12.7. The molecule has 0 fully saturated rings. The first-order valence-corrected chi connectivity index (χ1v) is 18.8. The van der Waals surface area contributed by atoms with Crippen molar-refractivity contribution in [3.8, 4) is 45.0 Å². The third kappa shape index (κ3) is 4.73. The Hall–Kier alpha value is -7.23. The largest absolute Gasteiger partial charge is 0.247 e. The second-order valence-electron chi connectivity index (χ2n) is 14.3. The number of hydrogen-bond acceptors (Lipinski definition) is 3. The lowest BCUT2D eigenvalue weighted by atomic mass is 9.67. The SMILES string of the molecule is c1ccc(-c2nc(-c3ccc(-c4nc5ccccc5c5ccc6c(c45)-c4ccccc4C6(c4ccccc4)c4ccccc4)cc3)nc3ccccc23)cc1. The van der Waals surface area contributed by atoms with Gasteiger partial charge in [-0.25, -0.2) is 15.0 Å². The van der Waals surface area contributed by atoms with Crippen molar-refractivity contribution in [1.29, 1.82) is 0 Å². The van der Waals surface area contributed by atoms with Gasteiger partial charge in [0.25, 0.3) is 0 Å². The van der Waals surface area contributed by atoms with Gasteiger partial charge in [0.05, 0.1) is 27.8 Å². The minimum Gasteiger partial charge on any atom is -0.247 e. The molecule has 3 heteroatoms. The van der Waals surface area contributed by atoms with Crippen molar-refractivity contribution in [2.75, 3.05) is 0 Å². The molecule has 0 saturated heterocycles. The van der Waals surface area contributed by atoms with Crippen LogP contribution < -0.4 is 0 Å². The Bertz CT molecular complexity index is 3030. The average molecular weight is 700 g/mol. The first kappa shape index (κ1) is 31.3. The summed E-state index contributed by atoms with van der Waals surface area (Å²) >= 11 is 0. The number of hydrogen-bond donors (Lipinski definition) is 0. The van der Waals surface area contributed by atoms with Gasteiger partial charge in [0, 0.05) is 32.8 Å². The van der Waals surface area contributed by atoms with Crippen LogP contribution in [0.5, 0.6) is 0 Å². The van der Waals surface area contributed by atoms with Gasteiger partial charge in [0.1, 0.15) is 0 Å². The highest BCUT2D eigenvalue weighted by Gasteiger charge is 2.47. The Morgan fingerprint density at radius 1 is 0.327 bits per heavy atom. The maximum absolute atomic E-state index is 5.48. The van der Waals surface area contributed by atoms with Crippen LogP contribution in [0.2, 0.25) is 0 Å². The van der Waals surface area contributed by atoms with Crippen LogP contribution >= 0.6 is 0 Å². The smallest absolute Gasteiger partial charge is 0.160 e. The molecule has 55 heavy (non-hydrogen) atoms. The Kier molecular flexibility index (Phi) is 7.08. The molecule has 256 valence electrons. The second kappa shape index (κ2) is 12.4. The fourth-order valence-corrected chi connectivity index (χ4v) is 8.99. The molecule has 2 aromatic heterocycles. The molecule has 0 atom stereocenters. The fourth-order valence-electron chi connectivity index (χ4n) is 8.99. The first-order valence-electron chi connectivity index (χ1n) is 18.8. The average Bonchev–Trinajstić information content (AvgIpc) is 3.58. The van der Waals surface area contributed by atoms with E-state index in [0.717, 1.165) is 49.9 Å². The molecule has 0 saturated carbocycles. The summed E-state index contributed by atoms with van der Waals surface area (Å²) in [6, 6.07) is 71.4. The summed E-state index contributed by atoms with van der Waals surface area (Å²) in [7, 11) is 0. The molecular weight excluding hydrogens is 667 g/mol. The van der Waals surface area contributed by atoms with E-state index in [1.54, 1.807) is 0 Å². The molecule has 0 N–H and O–H groups in total. The van der Waals surface area contributed by atoms with Crippen LogP contribution in [-0.4, -0.2) is 15.0 Å². The zero-order chi connectivity index (χ0) is 36.3. The summed E-state index contributed by atoms with van der Waals surface area (Å²) in [4.78, 5) is 15.7. The summed E-state index contributed by atoms with van der Waals surface area (Å²) in [6.45, 7) is 0. The maximum Gasteiger partial charge on any atom is 0.160 e. The molecule has 0 amide bonds. The molecule has 8 aromatic carbocycles. The monoisotopic (exact) mass is 699 g/mol. The van der Waals surface area contributed by atoms with Gasteiger partial charge < -0.3 is 0 Å². The van der Waals surface area contributed by atoms with E-state index >= 15 is 0 Å². The van der Waals surface area contributed by atoms with E-state index in [0.29, 0.717) is 5.82 Å². The van der Waals surface area contributed by atoms with E-state index in [-0.39, 0.29) is 0 Å². The predicted molar refractivity (Wildman–Crippen MR) is 226 cm³/mol. The summed E-state index contributed by atoms with van der Waals surface area (Å²) < 4.78 is 0. The summed E-state index contributed by atoms with van der Waals surface area (Å²) in [5, 5.41) is 4.55. The third-order valence-electron chi connectivity index (χ3n) is 11.4. The van der Waals surface area contributed by atoms with Crippen molar-refractivity contribution in [2.45, 2.75) is 5.41 Å². The molecule has 2 heterocycles. The van der Waals surface area contributed by atoms with Gasteiger partial charge in [0.15, 0.2) is 5.82 Å². The minimum absolute atomic E-state index is 0.501. The molecule has 0 aliphatic heterocycles. The molecule has 10 aromatic rings. The van der Waals surface area contributed by atoms with Crippen molar-refractivity contribution in [3.05, 3.63) is 222 Å². The van der Waals surface area contributed by atoms with Gasteiger partial charge in [-0.05, 0) is 50.9 Å². The van der Waals surface area contributed by atoms with E-state index in [9.17, 15) is 0 Å². The number of rotatable bonds is 5. The highest BCUT2D eigenvalue weighted by atomic mass is 14.9. The van der Waals surface area contributed by atoms with Gasteiger partial charge in [-0.15, -0.1) is 0 Å². The number of aromatic nitrogens is 3. The van der Waals surface area contributed by atoms with Crippen molar-refractivity contribution < 1.29 is 0 Å². The zero-order valence-electron chi connectivity index (χ0n) is 29.9. The van der Waals surface area contributed by atoms with E-state index in [4.69, 9.17) is 15.0 Å². The van der Waals surface area contributed by atoms with Gasteiger partial charge in [-0.3, -0.25) is 0 Å². The Balaban J connectivity index is 1.17. The van der Waals surface area contributed by atoms with Crippen LogP contribution in [0.4, 0.5) is 0 Å². The fraction of sp³-hybridized carbons (Fsp3) is 0.0192. The lowest BCUT2D eigenvalue weighted by Gasteiger charge is -2.34. The summed E-state index contributed by atoms with van der Waals surface area (Å²) in [5.74, 6) is 0.700. The van der Waals surface area contributed by atoms with Crippen molar-refractivity contribution in [3.63, 3.8) is 0 Å². The number of nitrogens with zero attached hydrogens (tertiary/aromatic N) is 3. The molecule has 11 rings (SSSR count). The number of benzene rings is 8. The van der Waals surface area contributed by atoms with E-state index in [1.807, 2.05) is 18.2 Å². The lowest BCUT2D eigenvalue weighted by Crippen LogP contribution is -2.28. The highest BCUT2D eigenvalue weighted by Crippen LogP contribution is 2.58. The lowest BCUT2D eigenvalue weighted by molar-refractivity contribution is 0.769. The zero-order valence-corrected chi connectivity index (χ0v) is 29.9. The van der Waals surface area contributed by atoms with E-state index in [1.165, 1.54) is 44.2 Å². The van der Waals surface area contributed by atoms with Crippen LogP contribution in [0.15, 0.2) is 200 Å². The molecule has 0 unspecified atom stereocenters. The first-order chi connectivity index (χ1) is 27.3. The van der Waals surface area contributed by atoms with Crippen LogP contribution in [0, 0.1) is 0 Å². The van der Waals surface area contributed by atoms with Crippen LogP contribution in [0.1, 0.15) is 22.3 Å². The van der Waals surface area contributed by atoms with Crippen LogP contribution in [0.3, 0.4) is 0 Å². The summed E-state index contributed by atoms with van der Waals surface area (Å²) in [5.41, 5.74) is 13.9. The van der Waals surface area contributed by atoms with Gasteiger partial charge in [-0.2, -0.15) is 0 Å². The van der Waals surface area contributed by atoms with Gasteiger partial charge in [0.2, 0.25) is 0 Å². The van der Waals surface area contributed by atoms with Gasteiger partial charge in [-0.1, -0.05) is 188 Å². The second-order valence-corrected chi connectivity index (χ2v) is 14.3. The molecule has 1 aliphatic carbocycles. The Morgan fingerprint density at radius 3 is 1.58 bits per heavy atom. The quantitative estimate of drug-likeness (QED) is 0.168. The van der Waals surface area contributed by atoms with Crippen molar-refractivity contribution in [1.82, 2.24) is 15.0 Å². The highest BCUT2D eigenvalue weighted by molar-refractivity contribution is 6.18. The molecular formula is C52H33N3. The van der Waals surface area contributed by atoms with Crippen molar-refractivity contribution >= 4 is 32.6 Å². The maximum atomic E-state index is 5.48. The number of pyridine rings is 1. The molecule has 1 aliphatic rings. The third-order valence-corrected chi connectivity index (χ3v) is 11.4. The standard InChI is InChI=1S/C52H33N3/c1-4-16-34(17-5-1)49-42-24-12-15-27-46(42)54-51(55-49)36-30-28-35(29-31-36)50-48-40(39-22-11-14-26-45(39)53-50)32-33-44-47(48)41-23-10-13-25-43(41)52(44,37-18-6-2-7-19-37)38-20-8-3-9-21-38/h1-33H. The normalized spacial score (nSPS) is 12.9. The minimum atomic E-state index is -0.501. The molecule has 0 spiro atoms. The summed E-state index contributed by atoms with van der Waals surface area (Å²) in [6.07, 6.45) is 0. The van der Waals surface area contributed by atoms with E-state index in [2.05, 4.69) is 182 Å². The Labute approximate surface area is 319 Å². The topological polar surface area (TPSA) is 38.7 Å². The van der Waals surface area contributed by atoms with Crippen LogP contribution in [-0.2, 0) is 5.41 Å². The van der Waals surface area contributed by atoms with Crippen molar-refractivity contribution in [2.24, 2.45) is 0 Å². The van der Waals surface area contributed by atoms with Crippen LogP contribution in [0.25, 0.3) is 77.6 Å². The number of para-hydroxylation sites is 2.